The molecule has 6 nitrogen and oxygen atoms in total. The van der Waals surface area contributed by atoms with Gasteiger partial charge in [0.2, 0.25) is 5.91 Å². The van der Waals surface area contributed by atoms with Gasteiger partial charge in [0.05, 0.1) is 6.54 Å². The van der Waals surface area contributed by atoms with Crippen LogP contribution in [0.4, 0.5) is 5.82 Å². The van der Waals surface area contributed by atoms with E-state index in [1.54, 1.807) is 6.07 Å². The van der Waals surface area contributed by atoms with Gasteiger partial charge in [-0.1, -0.05) is 20.8 Å². The van der Waals surface area contributed by atoms with Crippen molar-refractivity contribution < 1.29 is 9.59 Å². The third-order valence-electron chi connectivity index (χ3n) is 3.23. The molecule has 1 aromatic rings. The maximum absolute atomic E-state index is 12.1. The highest BCUT2D eigenvalue weighted by molar-refractivity contribution is 5.97. The van der Waals surface area contributed by atoms with Crippen LogP contribution in [0, 0.1) is 0 Å². The van der Waals surface area contributed by atoms with Crippen molar-refractivity contribution in [3.05, 3.63) is 23.4 Å². The van der Waals surface area contributed by atoms with Crippen molar-refractivity contribution in [2.45, 2.75) is 45.1 Å². The molecule has 1 aliphatic rings. The van der Waals surface area contributed by atoms with Crippen molar-refractivity contribution in [1.82, 2.24) is 15.6 Å². The monoisotopic (exact) mass is 290 g/mol. The summed E-state index contributed by atoms with van der Waals surface area (Å²) in [6.45, 7) is 5.97. The molecule has 1 fully saturated rings. The van der Waals surface area contributed by atoms with E-state index >= 15 is 0 Å². The van der Waals surface area contributed by atoms with E-state index in [0.29, 0.717) is 17.4 Å². The fourth-order valence-electron chi connectivity index (χ4n) is 1.84. The summed E-state index contributed by atoms with van der Waals surface area (Å²) in [6.07, 6.45) is 2.05. The lowest BCUT2D eigenvalue weighted by atomic mass is 9.90. The summed E-state index contributed by atoms with van der Waals surface area (Å²) in [6, 6.07) is 3.52. The summed E-state index contributed by atoms with van der Waals surface area (Å²) in [5.74, 6) is -0.181. The van der Waals surface area contributed by atoms with Crippen LogP contribution in [0.25, 0.3) is 0 Å². The van der Waals surface area contributed by atoms with E-state index in [4.69, 9.17) is 5.73 Å². The maximum Gasteiger partial charge on any atom is 0.251 e. The lowest BCUT2D eigenvalue weighted by Gasteiger charge is -2.19. The number of nitrogen functional groups attached to an aromatic ring is 1. The Morgan fingerprint density at radius 3 is 2.57 bits per heavy atom. The third-order valence-corrected chi connectivity index (χ3v) is 3.23. The van der Waals surface area contributed by atoms with Gasteiger partial charge in [-0.2, -0.15) is 0 Å². The molecule has 0 aromatic carbocycles. The summed E-state index contributed by atoms with van der Waals surface area (Å²) < 4.78 is 0. The van der Waals surface area contributed by atoms with Gasteiger partial charge < -0.3 is 16.4 Å². The highest BCUT2D eigenvalue weighted by Gasteiger charge is 2.23. The normalized spacial score (nSPS) is 14.6. The number of nitrogens with two attached hydrogens (primary N) is 1. The Morgan fingerprint density at radius 2 is 2.00 bits per heavy atom. The van der Waals surface area contributed by atoms with E-state index in [-0.39, 0.29) is 23.8 Å². The van der Waals surface area contributed by atoms with Gasteiger partial charge in [-0.3, -0.25) is 9.59 Å². The molecule has 0 spiro atoms. The standard InChI is InChI=1S/C15H22N4O2/c1-15(2,3)11-6-9(7-12(16)19-11)14(21)17-8-13(20)18-10-4-5-10/h6-7,10H,4-5,8H2,1-3H3,(H2,16,19)(H,17,21)(H,18,20). The molecule has 1 aromatic heterocycles. The molecule has 1 aliphatic carbocycles. The van der Waals surface area contributed by atoms with Crippen LogP contribution in [-0.4, -0.2) is 29.4 Å². The fourth-order valence-corrected chi connectivity index (χ4v) is 1.84. The number of aromatic nitrogens is 1. The SMILES string of the molecule is CC(C)(C)c1cc(C(=O)NCC(=O)NC2CC2)cc(N)n1. The van der Waals surface area contributed by atoms with Crippen LogP contribution in [0.1, 0.15) is 49.7 Å². The molecular weight excluding hydrogens is 268 g/mol. The molecule has 2 rings (SSSR count). The molecule has 21 heavy (non-hydrogen) atoms. The number of amides is 2. The molecule has 6 heteroatoms. The average molecular weight is 290 g/mol. The first kappa shape index (κ1) is 15.3. The predicted octanol–water partition coefficient (Wildman–Crippen LogP) is 0.970. The zero-order chi connectivity index (χ0) is 15.6. The second-order valence-electron chi connectivity index (χ2n) is 6.44. The summed E-state index contributed by atoms with van der Waals surface area (Å²) in [5, 5.41) is 5.42. The molecular formula is C15H22N4O2. The minimum atomic E-state index is -0.319. The number of anilines is 1. The van der Waals surface area contributed by atoms with Crippen molar-refractivity contribution >= 4 is 17.6 Å². The molecule has 1 heterocycles. The quantitative estimate of drug-likeness (QED) is 0.769. The van der Waals surface area contributed by atoms with Crippen LogP contribution >= 0.6 is 0 Å². The zero-order valence-electron chi connectivity index (χ0n) is 12.7. The van der Waals surface area contributed by atoms with E-state index in [1.165, 1.54) is 6.07 Å². The van der Waals surface area contributed by atoms with Crippen molar-refractivity contribution in [3.63, 3.8) is 0 Å². The number of nitrogens with one attached hydrogen (secondary N) is 2. The average Bonchev–Trinajstić information content (AvgIpc) is 3.18. The second kappa shape index (κ2) is 5.71. The Morgan fingerprint density at radius 1 is 1.33 bits per heavy atom. The van der Waals surface area contributed by atoms with Crippen LogP contribution in [0.15, 0.2) is 12.1 Å². The maximum atomic E-state index is 12.1. The van der Waals surface area contributed by atoms with E-state index in [1.807, 2.05) is 20.8 Å². The number of pyridine rings is 1. The number of hydrogen-bond acceptors (Lipinski definition) is 4. The molecule has 4 N–H and O–H groups in total. The molecule has 1 saturated carbocycles. The Bertz CT molecular complexity index is 559. The van der Waals surface area contributed by atoms with E-state index < -0.39 is 0 Å². The van der Waals surface area contributed by atoms with Gasteiger partial charge in [0.15, 0.2) is 0 Å². The van der Waals surface area contributed by atoms with E-state index in [9.17, 15) is 9.59 Å². The first-order chi connectivity index (χ1) is 9.75. The number of hydrogen-bond donors (Lipinski definition) is 3. The van der Waals surface area contributed by atoms with Crippen molar-refractivity contribution in [2.75, 3.05) is 12.3 Å². The predicted molar refractivity (Wildman–Crippen MR) is 80.8 cm³/mol. The summed E-state index contributed by atoms with van der Waals surface area (Å²) >= 11 is 0. The van der Waals surface area contributed by atoms with E-state index in [0.717, 1.165) is 18.5 Å². The van der Waals surface area contributed by atoms with Gasteiger partial charge >= 0.3 is 0 Å². The van der Waals surface area contributed by atoms with Gasteiger partial charge in [-0.05, 0) is 25.0 Å². The van der Waals surface area contributed by atoms with Crippen LogP contribution in [-0.2, 0) is 10.2 Å². The van der Waals surface area contributed by atoms with Crippen LogP contribution in [0.3, 0.4) is 0 Å². The highest BCUT2D eigenvalue weighted by Crippen LogP contribution is 2.22. The Labute approximate surface area is 124 Å². The van der Waals surface area contributed by atoms with Gasteiger partial charge in [0, 0.05) is 22.7 Å². The number of carbonyl (C=O) groups excluding carboxylic acids is 2. The molecule has 0 radical (unpaired) electrons. The third kappa shape index (κ3) is 4.44. The smallest absolute Gasteiger partial charge is 0.251 e. The number of rotatable bonds is 4. The van der Waals surface area contributed by atoms with Gasteiger partial charge in [0.1, 0.15) is 5.82 Å². The lowest BCUT2D eigenvalue weighted by Crippen LogP contribution is -2.38. The Hall–Kier alpha value is -2.11. The summed E-state index contributed by atoms with van der Waals surface area (Å²) in [5.41, 5.74) is 6.72. The minimum absolute atomic E-state index is 0.0254. The van der Waals surface area contributed by atoms with Crippen LogP contribution in [0.5, 0.6) is 0 Å². The van der Waals surface area contributed by atoms with Crippen molar-refractivity contribution in [1.29, 1.82) is 0 Å². The fraction of sp³-hybridized carbons (Fsp3) is 0.533. The van der Waals surface area contributed by atoms with Crippen molar-refractivity contribution in [3.8, 4) is 0 Å². The molecule has 2 amide bonds. The van der Waals surface area contributed by atoms with Gasteiger partial charge in [-0.15, -0.1) is 0 Å². The highest BCUT2D eigenvalue weighted by atomic mass is 16.2. The second-order valence-corrected chi connectivity index (χ2v) is 6.44. The molecule has 0 bridgehead atoms. The van der Waals surface area contributed by atoms with Crippen LogP contribution in [0.2, 0.25) is 0 Å². The van der Waals surface area contributed by atoms with Gasteiger partial charge in [-0.25, -0.2) is 4.98 Å². The molecule has 0 saturated heterocycles. The molecule has 0 unspecified atom stereocenters. The topological polar surface area (TPSA) is 97.1 Å². The summed E-state index contributed by atoms with van der Waals surface area (Å²) in [4.78, 5) is 27.9. The number of nitrogens with zero attached hydrogens (tertiary/aromatic N) is 1. The summed E-state index contributed by atoms with van der Waals surface area (Å²) in [7, 11) is 0. The largest absolute Gasteiger partial charge is 0.384 e. The van der Waals surface area contributed by atoms with E-state index in [2.05, 4.69) is 15.6 Å². The molecule has 0 aliphatic heterocycles. The molecule has 0 atom stereocenters. The molecule has 114 valence electrons. The zero-order valence-corrected chi connectivity index (χ0v) is 12.7. The first-order valence-corrected chi connectivity index (χ1v) is 7.11. The van der Waals surface area contributed by atoms with Gasteiger partial charge in [0.25, 0.3) is 5.91 Å². The lowest BCUT2D eigenvalue weighted by molar-refractivity contribution is -0.120. The first-order valence-electron chi connectivity index (χ1n) is 7.11. The Balaban J connectivity index is 2.01. The van der Waals surface area contributed by atoms with Crippen molar-refractivity contribution in [2.24, 2.45) is 0 Å². The van der Waals surface area contributed by atoms with Crippen LogP contribution < -0.4 is 16.4 Å². The Kier molecular flexibility index (Phi) is 4.16. The minimum Gasteiger partial charge on any atom is -0.384 e. The number of carbonyl (C=O) groups is 2.